The molecule has 0 aliphatic carbocycles. The molecule has 0 radical (unpaired) electrons. The quantitative estimate of drug-likeness (QED) is 0.148. The van der Waals surface area contributed by atoms with Crippen molar-refractivity contribution in [3.63, 3.8) is 0 Å². The number of ether oxygens (including phenoxy) is 3. The summed E-state index contributed by atoms with van der Waals surface area (Å²) in [6, 6.07) is 23.6. The Balaban J connectivity index is 1.25. The molecular weight excluding hydrogens is 604 g/mol. The van der Waals surface area contributed by atoms with Crippen LogP contribution in [0, 0.1) is 0 Å². The van der Waals surface area contributed by atoms with E-state index in [1.807, 2.05) is 42.5 Å². The first-order valence-electron chi connectivity index (χ1n) is 13.6. The summed E-state index contributed by atoms with van der Waals surface area (Å²) in [6.07, 6.45) is 1.56. The van der Waals surface area contributed by atoms with Crippen LogP contribution < -0.4 is 14.8 Å². The molecule has 0 saturated carbocycles. The zero-order valence-corrected chi connectivity index (χ0v) is 25.4. The Morgan fingerprint density at radius 2 is 1.77 bits per heavy atom. The van der Waals surface area contributed by atoms with Gasteiger partial charge in [0.15, 0.2) is 11.5 Å². The number of amides is 3. The number of anilines is 1. The summed E-state index contributed by atoms with van der Waals surface area (Å²) in [6.45, 7) is 1.65. The number of thioether (sulfide) groups is 1. The van der Waals surface area contributed by atoms with Gasteiger partial charge in [-0.15, -0.1) is 0 Å². The molecule has 1 heterocycles. The number of hydrogen-bond donors (Lipinski definition) is 1. The lowest BCUT2D eigenvalue weighted by molar-refractivity contribution is -0.127. The van der Waals surface area contributed by atoms with Gasteiger partial charge in [0.05, 0.1) is 29.2 Å². The minimum Gasteiger partial charge on any atom is -0.493 e. The van der Waals surface area contributed by atoms with Crippen molar-refractivity contribution in [2.45, 2.75) is 13.5 Å². The van der Waals surface area contributed by atoms with E-state index < -0.39 is 29.6 Å². The van der Waals surface area contributed by atoms with E-state index in [2.05, 4.69) is 5.32 Å². The second kappa shape index (κ2) is 13.7. The summed E-state index contributed by atoms with van der Waals surface area (Å²) in [5.41, 5.74) is 1.99. The molecule has 1 fully saturated rings. The van der Waals surface area contributed by atoms with Crippen molar-refractivity contribution in [3.8, 4) is 11.5 Å². The summed E-state index contributed by atoms with van der Waals surface area (Å²) in [5, 5.41) is 4.39. The second-order valence-corrected chi connectivity index (χ2v) is 11.0. The van der Waals surface area contributed by atoms with Crippen molar-refractivity contribution in [1.29, 1.82) is 0 Å². The zero-order chi connectivity index (χ0) is 31.2. The SMILES string of the molecule is CCOC(=O)c1cc(NC(=O)CN2C(=O)S/C(=C/c3ccc(OCc4cccc5ccccc45)c(OC)c3)C2=O)ccc1Cl. The fourth-order valence-corrected chi connectivity index (χ4v) is 5.60. The van der Waals surface area contributed by atoms with Crippen LogP contribution in [0.15, 0.2) is 83.8 Å². The van der Waals surface area contributed by atoms with E-state index in [1.165, 1.54) is 25.3 Å². The predicted molar refractivity (Wildman–Crippen MR) is 170 cm³/mol. The number of nitrogens with zero attached hydrogens (tertiary/aromatic N) is 1. The van der Waals surface area contributed by atoms with E-state index >= 15 is 0 Å². The molecule has 0 unspecified atom stereocenters. The molecule has 4 aromatic rings. The number of imide groups is 1. The fourth-order valence-electron chi connectivity index (χ4n) is 4.57. The van der Waals surface area contributed by atoms with Crippen LogP contribution in [0.25, 0.3) is 16.8 Å². The minimum atomic E-state index is -0.634. The number of fused-ring (bicyclic) bond motifs is 1. The lowest BCUT2D eigenvalue weighted by Gasteiger charge is -2.13. The molecule has 5 rings (SSSR count). The van der Waals surface area contributed by atoms with Gasteiger partial charge in [-0.25, -0.2) is 4.79 Å². The van der Waals surface area contributed by atoms with Crippen LogP contribution in [-0.4, -0.2) is 48.2 Å². The number of esters is 1. The highest BCUT2D eigenvalue weighted by atomic mass is 35.5. The Morgan fingerprint density at radius 3 is 2.57 bits per heavy atom. The minimum absolute atomic E-state index is 0.0841. The van der Waals surface area contributed by atoms with Crippen molar-refractivity contribution in [2.75, 3.05) is 25.6 Å². The Kier molecular flexibility index (Phi) is 9.52. The van der Waals surface area contributed by atoms with Gasteiger partial charge in [0.25, 0.3) is 11.1 Å². The van der Waals surface area contributed by atoms with E-state index in [0.29, 0.717) is 23.7 Å². The largest absolute Gasteiger partial charge is 0.493 e. The number of rotatable bonds is 10. The predicted octanol–water partition coefficient (Wildman–Crippen LogP) is 6.93. The van der Waals surface area contributed by atoms with Gasteiger partial charge in [-0.3, -0.25) is 19.3 Å². The molecule has 11 heteroatoms. The number of hydrogen-bond acceptors (Lipinski definition) is 8. The van der Waals surface area contributed by atoms with Crippen LogP contribution in [0.2, 0.25) is 5.02 Å². The first-order valence-corrected chi connectivity index (χ1v) is 14.8. The standard InChI is InChI=1S/C33H27ClN2O7S/c1-3-42-32(39)25-17-23(12-13-26(25)34)35-30(37)18-36-31(38)29(44-33(36)40)16-20-11-14-27(28(15-20)41-2)43-19-22-9-6-8-21-7-4-5-10-24(21)22/h4-17H,3,18-19H2,1-2H3,(H,35,37)/b29-16+. The van der Waals surface area contributed by atoms with Crippen molar-refractivity contribution in [3.05, 3.63) is 105 Å². The number of methoxy groups -OCH3 is 1. The molecule has 0 atom stereocenters. The van der Waals surface area contributed by atoms with Crippen LogP contribution in [0.1, 0.15) is 28.4 Å². The van der Waals surface area contributed by atoms with E-state index in [-0.39, 0.29) is 27.8 Å². The summed E-state index contributed by atoms with van der Waals surface area (Å²) in [5.74, 6) is -0.877. The Morgan fingerprint density at radius 1 is 0.977 bits per heavy atom. The molecule has 3 amide bonds. The number of nitrogens with one attached hydrogen (secondary N) is 1. The molecule has 1 N–H and O–H groups in total. The summed E-state index contributed by atoms with van der Waals surface area (Å²) < 4.78 is 16.6. The fraction of sp³-hybridized carbons (Fsp3) is 0.152. The molecule has 44 heavy (non-hydrogen) atoms. The van der Waals surface area contributed by atoms with Gasteiger partial charge in [-0.2, -0.15) is 0 Å². The normalized spacial score (nSPS) is 13.8. The zero-order valence-electron chi connectivity index (χ0n) is 23.8. The van der Waals surface area contributed by atoms with Crippen LogP contribution in [0.4, 0.5) is 10.5 Å². The maximum Gasteiger partial charge on any atom is 0.339 e. The van der Waals surface area contributed by atoms with Crippen molar-refractivity contribution in [1.82, 2.24) is 4.90 Å². The summed E-state index contributed by atoms with van der Waals surface area (Å²) in [4.78, 5) is 51.5. The average Bonchev–Trinajstić information content (AvgIpc) is 3.28. The number of benzene rings is 4. The molecule has 0 aromatic heterocycles. The van der Waals surface area contributed by atoms with E-state index in [4.69, 9.17) is 25.8 Å². The number of carbonyl (C=O) groups excluding carboxylic acids is 4. The van der Waals surface area contributed by atoms with Crippen LogP contribution in [-0.2, 0) is 20.9 Å². The lowest BCUT2D eigenvalue weighted by atomic mass is 10.1. The number of halogens is 1. The molecule has 1 aliphatic heterocycles. The highest BCUT2D eigenvalue weighted by molar-refractivity contribution is 8.18. The van der Waals surface area contributed by atoms with Gasteiger partial charge < -0.3 is 19.5 Å². The van der Waals surface area contributed by atoms with Gasteiger partial charge in [0.1, 0.15) is 13.2 Å². The van der Waals surface area contributed by atoms with Crippen molar-refractivity contribution < 1.29 is 33.4 Å². The van der Waals surface area contributed by atoms with Gasteiger partial charge >= 0.3 is 5.97 Å². The maximum atomic E-state index is 13.1. The molecule has 1 aliphatic rings. The highest BCUT2D eigenvalue weighted by Gasteiger charge is 2.36. The molecule has 1 saturated heterocycles. The molecule has 224 valence electrons. The van der Waals surface area contributed by atoms with Crippen molar-refractivity contribution >= 4 is 68.9 Å². The highest BCUT2D eigenvalue weighted by Crippen LogP contribution is 2.35. The average molecular weight is 631 g/mol. The lowest BCUT2D eigenvalue weighted by Crippen LogP contribution is -2.36. The second-order valence-electron chi connectivity index (χ2n) is 9.57. The third-order valence-corrected chi connectivity index (χ3v) is 7.91. The molecule has 0 bridgehead atoms. The van der Waals surface area contributed by atoms with E-state index in [1.54, 1.807) is 31.2 Å². The van der Waals surface area contributed by atoms with E-state index in [0.717, 1.165) is 33.0 Å². The van der Waals surface area contributed by atoms with E-state index in [9.17, 15) is 19.2 Å². The monoisotopic (exact) mass is 630 g/mol. The Hall–Kier alpha value is -4.80. The molecular formula is C33H27ClN2O7S. The van der Waals surface area contributed by atoms with Gasteiger partial charge in [0.2, 0.25) is 5.91 Å². The summed E-state index contributed by atoms with van der Waals surface area (Å²) >= 11 is 6.81. The first kappa shape index (κ1) is 30.7. The third-order valence-electron chi connectivity index (χ3n) is 6.67. The topological polar surface area (TPSA) is 111 Å². The smallest absolute Gasteiger partial charge is 0.339 e. The molecule has 4 aromatic carbocycles. The van der Waals surface area contributed by atoms with Crippen LogP contribution in [0.3, 0.4) is 0 Å². The van der Waals surface area contributed by atoms with Crippen molar-refractivity contribution in [2.24, 2.45) is 0 Å². The Bertz CT molecular complexity index is 1800. The number of carbonyl (C=O) groups is 4. The van der Waals surface area contributed by atoms with Crippen LogP contribution >= 0.6 is 23.4 Å². The molecule has 9 nitrogen and oxygen atoms in total. The third kappa shape index (κ3) is 6.88. The Labute approximate surface area is 262 Å². The van der Waals surface area contributed by atoms with Crippen LogP contribution in [0.5, 0.6) is 11.5 Å². The first-order chi connectivity index (χ1) is 21.3. The van der Waals surface area contributed by atoms with Gasteiger partial charge in [-0.05, 0) is 77.0 Å². The molecule has 0 spiro atoms. The maximum absolute atomic E-state index is 13.1. The van der Waals surface area contributed by atoms with Gasteiger partial charge in [0, 0.05) is 5.69 Å². The van der Waals surface area contributed by atoms with Gasteiger partial charge in [-0.1, -0.05) is 60.1 Å². The summed E-state index contributed by atoms with van der Waals surface area (Å²) in [7, 11) is 1.52.